The first-order chi connectivity index (χ1) is 8.77. The van der Waals surface area contributed by atoms with Crippen molar-refractivity contribution in [3.05, 3.63) is 5.01 Å². The molecule has 110 valence electrons. The van der Waals surface area contributed by atoms with Gasteiger partial charge in [0, 0.05) is 0 Å². The third-order valence-corrected chi connectivity index (χ3v) is 5.65. The topological polar surface area (TPSA) is 59.9 Å². The first-order valence-electron chi connectivity index (χ1n) is 5.91. The molecule has 1 aromatic heterocycles. The quantitative estimate of drug-likeness (QED) is 0.724. The fraction of sp³-hybridized carbons (Fsp3) is 0.800. The van der Waals surface area contributed by atoms with E-state index < -0.39 is 25.4 Å². The number of sulfone groups is 1. The van der Waals surface area contributed by atoms with E-state index in [0.29, 0.717) is 6.42 Å². The van der Waals surface area contributed by atoms with E-state index >= 15 is 0 Å². The number of aromatic nitrogens is 2. The molecule has 19 heavy (non-hydrogen) atoms. The average Bonchev–Trinajstić information content (AvgIpc) is 2.78. The number of hydrogen-bond acceptors (Lipinski definition) is 5. The van der Waals surface area contributed by atoms with Crippen LogP contribution in [0.4, 0.5) is 13.2 Å². The van der Waals surface area contributed by atoms with Gasteiger partial charge in [-0.25, -0.2) is 8.42 Å². The third kappa shape index (κ3) is 5.06. The van der Waals surface area contributed by atoms with Gasteiger partial charge in [-0.05, 0) is 6.42 Å². The van der Waals surface area contributed by atoms with E-state index in [1.165, 1.54) is 0 Å². The highest BCUT2D eigenvalue weighted by Crippen LogP contribution is 2.33. The summed E-state index contributed by atoms with van der Waals surface area (Å²) < 4.78 is 59.8. The molecule has 0 aliphatic heterocycles. The Morgan fingerprint density at radius 3 is 2.26 bits per heavy atom. The summed E-state index contributed by atoms with van der Waals surface area (Å²) in [4.78, 5) is 0. The van der Waals surface area contributed by atoms with Crippen LogP contribution in [0.15, 0.2) is 4.34 Å². The van der Waals surface area contributed by atoms with Crippen LogP contribution in [0.25, 0.3) is 0 Å². The van der Waals surface area contributed by atoms with E-state index in [4.69, 9.17) is 0 Å². The molecule has 0 saturated carbocycles. The molecular formula is C10H15F3N2O2S2. The van der Waals surface area contributed by atoms with Crippen LogP contribution in [0.1, 0.15) is 44.0 Å². The van der Waals surface area contributed by atoms with Crippen LogP contribution < -0.4 is 0 Å². The first kappa shape index (κ1) is 16.4. The van der Waals surface area contributed by atoms with Crippen molar-refractivity contribution in [3.63, 3.8) is 0 Å². The summed E-state index contributed by atoms with van der Waals surface area (Å²) >= 11 is 0.0799. The fourth-order valence-electron chi connectivity index (χ4n) is 1.43. The summed E-state index contributed by atoms with van der Waals surface area (Å²) in [6, 6.07) is 0. The van der Waals surface area contributed by atoms with Gasteiger partial charge in [0.2, 0.25) is 19.2 Å². The number of unbranched alkanes of at least 4 members (excludes halogenated alkanes) is 4. The van der Waals surface area contributed by atoms with Gasteiger partial charge in [0.15, 0.2) is 0 Å². The number of nitrogens with zero attached hydrogens (tertiary/aromatic N) is 2. The van der Waals surface area contributed by atoms with Crippen molar-refractivity contribution >= 4 is 21.2 Å². The lowest BCUT2D eigenvalue weighted by Gasteiger charge is -2.00. The highest BCUT2D eigenvalue weighted by atomic mass is 32.2. The molecule has 0 fully saturated rings. The van der Waals surface area contributed by atoms with Gasteiger partial charge in [0.1, 0.15) is 0 Å². The van der Waals surface area contributed by atoms with Gasteiger partial charge in [-0.15, -0.1) is 10.2 Å². The zero-order valence-electron chi connectivity index (χ0n) is 10.4. The maximum Gasteiger partial charge on any atom is 0.445 e. The van der Waals surface area contributed by atoms with Gasteiger partial charge in [-0.2, -0.15) is 13.2 Å². The Balaban J connectivity index is 2.60. The predicted octanol–water partition coefficient (Wildman–Crippen LogP) is 3.30. The van der Waals surface area contributed by atoms with Crippen molar-refractivity contribution in [2.24, 2.45) is 0 Å². The van der Waals surface area contributed by atoms with Gasteiger partial charge < -0.3 is 0 Å². The lowest BCUT2D eigenvalue weighted by molar-refractivity contribution is -0.138. The van der Waals surface area contributed by atoms with Crippen molar-refractivity contribution in [1.82, 2.24) is 10.2 Å². The molecule has 0 saturated heterocycles. The van der Waals surface area contributed by atoms with Crippen molar-refractivity contribution in [2.45, 2.75) is 49.5 Å². The Morgan fingerprint density at radius 1 is 1.11 bits per heavy atom. The smallest absolute Gasteiger partial charge is 0.221 e. The van der Waals surface area contributed by atoms with E-state index in [1.807, 2.05) is 6.92 Å². The van der Waals surface area contributed by atoms with Crippen LogP contribution in [-0.4, -0.2) is 24.4 Å². The van der Waals surface area contributed by atoms with Gasteiger partial charge in [0.25, 0.3) is 0 Å². The fourth-order valence-corrected chi connectivity index (χ4v) is 3.80. The highest BCUT2D eigenvalue weighted by molar-refractivity contribution is 7.93. The van der Waals surface area contributed by atoms with E-state index in [1.54, 1.807) is 0 Å². The van der Waals surface area contributed by atoms with E-state index in [9.17, 15) is 21.6 Å². The molecule has 0 N–H and O–H groups in total. The van der Waals surface area contributed by atoms with Crippen LogP contribution >= 0.6 is 11.3 Å². The molecule has 0 radical (unpaired) electrons. The molecule has 0 aliphatic rings. The molecule has 0 atom stereocenters. The Labute approximate surface area is 114 Å². The minimum absolute atomic E-state index is 0.0799. The van der Waals surface area contributed by atoms with Gasteiger partial charge in [-0.3, -0.25) is 0 Å². The molecule has 0 aliphatic carbocycles. The molecule has 4 nitrogen and oxygen atoms in total. The molecule has 0 unspecified atom stereocenters. The Kier molecular flexibility index (Phi) is 5.72. The minimum atomic E-state index is -4.65. The molecule has 1 aromatic rings. The SMILES string of the molecule is CCCCCCCS(=O)(=O)c1nnc(C(F)(F)F)s1. The molecule has 0 aromatic carbocycles. The number of halogens is 3. The minimum Gasteiger partial charge on any atom is -0.221 e. The normalized spacial score (nSPS) is 12.8. The van der Waals surface area contributed by atoms with Crippen molar-refractivity contribution in [2.75, 3.05) is 5.75 Å². The summed E-state index contributed by atoms with van der Waals surface area (Å²) in [5.74, 6) is -0.177. The van der Waals surface area contributed by atoms with Gasteiger partial charge in [0.05, 0.1) is 5.75 Å². The molecule has 0 spiro atoms. The maximum absolute atomic E-state index is 12.3. The van der Waals surface area contributed by atoms with Crippen LogP contribution in [0.2, 0.25) is 0 Å². The van der Waals surface area contributed by atoms with Crippen molar-refractivity contribution < 1.29 is 21.6 Å². The molecular weight excluding hydrogens is 301 g/mol. The average molecular weight is 316 g/mol. The zero-order chi connectivity index (χ0) is 14.5. The molecule has 1 rings (SSSR count). The Bertz CT molecular complexity index is 497. The Hall–Kier alpha value is -0.700. The van der Waals surface area contributed by atoms with Crippen molar-refractivity contribution in [3.8, 4) is 0 Å². The third-order valence-electron chi connectivity index (χ3n) is 2.43. The second-order valence-electron chi connectivity index (χ2n) is 4.10. The number of alkyl halides is 3. The molecule has 1 heterocycles. The summed E-state index contributed by atoms with van der Waals surface area (Å²) in [5, 5.41) is 4.78. The molecule has 0 bridgehead atoms. The van der Waals surface area contributed by atoms with Gasteiger partial charge in [-0.1, -0.05) is 43.9 Å². The molecule has 0 amide bonds. The van der Waals surface area contributed by atoms with Crippen LogP contribution in [0.5, 0.6) is 0 Å². The lowest BCUT2D eigenvalue weighted by atomic mass is 10.2. The predicted molar refractivity (Wildman–Crippen MR) is 65.7 cm³/mol. The van der Waals surface area contributed by atoms with Crippen LogP contribution in [0, 0.1) is 0 Å². The summed E-state index contributed by atoms with van der Waals surface area (Å²) in [5.41, 5.74) is 0. The summed E-state index contributed by atoms with van der Waals surface area (Å²) in [7, 11) is -3.74. The zero-order valence-corrected chi connectivity index (χ0v) is 12.0. The number of hydrogen-bond donors (Lipinski definition) is 0. The highest BCUT2D eigenvalue weighted by Gasteiger charge is 2.37. The largest absolute Gasteiger partial charge is 0.445 e. The molecule has 9 heteroatoms. The van der Waals surface area contributed by atoms with Crippen LogP contribution in [-0.2, 0) is 16.0 Å². The maximum atomic E-state index is 12.3. The standard InChI is InChI=1S/C10H15F3N2O2S2/c1-2-3-4-5-6-7-19(16,17)9-15-14-8(18-9)10(11,12)13/h2-7H2,1H3. The second kappa shape index (κ2) is 6.65. The lowest BCUT2D eigenvalue weighted by Crippen LogP contribution is -2.06. The van der Waals surface area contributed by atoms with Gasteiger partial charge >= 0.3 is 6.18 Å². The van der Waals surface area contributed by atoms with E-state index in [0.717, 1.165) is 25.7 Å². The van der Waals surface area contributed by atoms with E-state index in [-0.39, 0.29) is 17.1 Å². The Morgan fingerprint density at radius 2 is 1.74 bits per heavy atom. The second-order valence-corrected chi connectivity index (χ2v) is 7.36. The van der Waals surface area contributed by atoms with E-state index in [2.05, 4.69) is 10.2 Å². The monoisotopic (exact) mass is 316 g/mol. The summed E-state index contributed by atoms with van der Waals surface area (Å²) in [6.07, 6.45) is -0.473. The number of rotatable bonds is 7. The first-order valence-corrected chi connectivity index (χ1v) is 8.37. The van der Waals surface area contributed by atoms with Crippen molar-refractivity contribution in [1.29, 1.82) is 0 Å². The summed E-state index contributed by atoms with van der Waals surface area (Å²) in [6.45, 7) is 2.04. The van der Waals surface area contributed by atoms with Crippen LogP contribution in [0.3, 0.4) is 0 Å².